The summed E-state index contributed by atoms with van der Waals surface area (Å²) in [6.45, 7) is 1.77. The highest BCUT2D eigenvalue weighted by molar-refractivity contribution is 7.55. The van der Waals surface area contributed by atoms with Crippen molar-refractivity contribution in [1.29, 1.82) is 0 Å². The van der Waals surface area contributed by atoms with Crippen LogP contribution in [-0.2, 0) is 14.4 Å². The normalized spacial score (nSPS) is 12.5. The minimum atomic E-state index is -1.13. The van der Waals surface area contributed by atoms with Gasteiger partial charge in [0.2, 0.25) is 0 Å². The Morgan fingerprint density at radius 2 is 0.932 bits per heavy atom. The Kier molecular flexibility index (Phi) is 33.9. The molecule has 0 spiro atoms. The van der Waals surface area contributed by atoms with Crippen molar-refractivity contribution in [2.45, 2.75) is 199 Å². The summed E-state index contributed by atoms with van der Waals surface area (Å²) in [5.74, 6) is -0.652. The van der Waals surface area contributed by atoms with E-state index in [2.05, 4.69) is 24.2 Å². The molecular formula is C37H70NO5P. The number of carboxylic acid groups (broad SMARTS) is 1. The molecule has 44 heavy (non-hydrogen) atoms. The molecule has 0 heterocycles. The molecule has 3 N–H and O–H groups in total. The summed E-state index contributed by atoms with van der Waals surface area (Å²) in [7, 11) is -0.257. The fourth-order valence-corrected chi connectivity index (χ4v) is 6.34. The highest BCUT2D eigenvalue weighted by Crippen LogP contribution is 2.16. The number of rotatable bonds is 36. The van der Waals surface area contributed by atoms with E-state index in [-0.39, 0.29) is 14.3 Å². The lowest BCUT2D eigenvalue weighted by molar-refractivity contribution is -0.139. The fourth-order valence-electron chi connectivity index (χ4n) is 5.49. The van der Waals surface area contributed by atoms with Crippen molar-refractivity contribution in [3.63, 3.8) is 0 Å². The van der Waals surface area contributed by atoms with Crippen LogP contribution in [-0.4, -0.2) is 40.1 Å². The van der Waals surface area contributed by atoms with Gasteiger partial charge in [0.1, 0.15) is 11.8 Å². The first-order chi connectivity index (χ1) is 21.5. The Morgan fingerprint density at radius 1 is 0.568 bits per heavy atom. The van der Waals surface area contributed by atoms with Gasteiger partial charge in [-0.05, 0) is 44.9 Å². The molecule has 0 saturated carbocycles. The number of carbonyl (C=O) groups excluding carboxylic acids is 2. The summed E-state index contributed by atoms with van der Waals surface area (Å²) in [6, 6.07) is -1.05. The number of unbranched alkanes of at least 4 members (excludes halogenated alkanes) is 23. The van der Waals surface area contributed by atoms with Crippen LogP contribution in [0, 0.1) is 0 Å². The number of hydrogen-bond acceptors (Lipinski definition) is 5. The summed E-state index contributed by atoms with van der Waals surface area (Å²) >= 11 is 0. The standard InChI is InChI=1S/C37H70NO5P/c1-2-3-4-5-6-7-8-12-15-18-21-24-27-30-34(40)31-28-25-22-19-16-13-10-9-11-14-17-20-23-26-29-32-36(41)44-38-35(33-39)37(42)43/h9,11,35,38-39,44H,2-8,10,12-33H2,1H3,(H,42,43)/b11-9-. The zero-order chi connectivity index (χ0) is 32.4. The van der Waals surface area contributed by atoms with Crippen molar-refractivity contribution in [3.8, 4) is 0 Å². The molecule has 0 bridgehead atoms. The lowest BCUT2D eigenvalue weighted by Crippen LogP contribution is -2.35. The molecule has 0 aromatic heterocycles. The largest absolute Gasteiger partial charge is 0.480 e. The maximum absolute atomic E-state index is 12.1. The van der Waals surface area contributed by atoms with Crippen LogP contribution < -0.4 is 5.09 Å². The van der Waals surface area contributed by atoms with Gasteiger partial charge in [0.25, 0.3) is 0 Å². The van der Waals surface area contributed by atoms with Crippen LogP contribution in [0.1, 0.15) is 193 Å². The highest BCUT2D eigenvalue weighted by atomic mass is 31.1. The van der Waals surface area contributed by atoms with Crippen LogP contribution in [0.25, 0.3) is 0 Å². The lowest BCUT2D eigenvalue weighted by Gasteiger charge is -2.10. The van der Waals surface area contributed by atoms with Crippen molar-refractivity contribution in [1.82, 2.24) is 5.09 Å². The van der Waals surface area contributed by atoms with E-state index in [1.54, 1.807) is 0 Å². The molecule has 6 nitrogen and oxygen atoms in total. The Balaban J connectivity index is 3.31. The second-order valence-corrected chi connectivity index (χ2v) is 13.8. The number of Topliss-reactive ketones (excluding diaryl/α,β-unsaturated/α-hetero) is 1. The number of aliphatic hydroxyl groups excluding tert-OH is 1. The molecule has 0 radical (unpaired) electrons. The van der Waals surface area contributed by atoms with Crippen molar-refractivity contribution in [3.05, 3.63) is 12.2 Å². The van der Waals surface area contributed by atoms with Crippen molar-refractivity contribution >= 4 is 26.0 Å². The second kappa shape index (κ2) is 34.8. The average Bonchev–Trinajstić information content (AvgIpc) is 3.01. The van der Waals surface area contributed by atoms with Gasteiger partial charge < -0.3 is 10.2 Å². The maximum atomic E-state index is 12.1. The second-order valence-electron chi connectivity index (χ2n) is 12.7. The fraction of sp³-hybridized carbons (Fsp3) is 0.865. The average molecular weight is 640 g/mol. The molecule has 0 fully saturated rings. The molecule has 0 aliphatic carbocycles. The van der Waals surface area contributed by atoms with Gasteiger partial charge in [-0.3, -0.25) is 19.5 Å². The maximum Gasteiger partial charge on any atom is 0.323 e. The van der Waals surface area contributed by atoms with E-state index in [0.29, 0.717) is 12.2 Å². The third-order valence-electron chi connectivity index (χ3n) is 8.44. The minimum Gasteiger partial charge on any atom is -0.480 e. The van der Waals surface area contributed by atoms with E-state index in [1.165, 1.54) is 122 Å². The molecular weight excluding hydrogens is 569 g/mol. The van der Waals surface area contributed by atoms with Crippen molar-refractivity contribution in [2.75, 3.05) is 6.61 Å². The van der Waals surface area contributed by atoms with Crippen molar-refractivity contribution in [2.24, 2.45) is 0 Å². The quantitative estimate of drug-likeness (QED) is 0.0358. The van der Waals surface area contributed by atoms with Gasteiger partial charge in [0.05, 0.1) is 6.61 Å². The molecule has 0 aromatic rings. The smallest absolute Gasteiger partial charge is 0.323 e. The van der Waals surface area contributed by atoms with E-state index in [9.17, 15) is 14.4 Å². The summed E-state index contributed by atoms with van der Waals surface area (Å²) in [5, 5.41) is 20.4. The van der Waals surface area contributed by atoms with Crippen LogP contribution in [0.4, 0.5) is 0 Å². The topological polar surface area (TPSA) is 104 Å². The monoisotopic (exact) mass is 639 g/mol. The summed E-state index contributed by atoms with van der Waals surface area (Å²) in [6.07, 6.45) is 39.2. The molecule has 0 aliphatic rings. The number of allylic oxidation sites excluding steroid dienone is 2. The van der Waals surface area contributed by atoms with Gasteiger partial charge in [0, 0.05) is 28.0 Å². The summed E-state index contributed by atoms with van der Waals surface area (Å²) < 4.78 is 0. The van der Waals surface area contributed by atoms with Gasteiger partial charge >= 0.3 is 5.97 Å². The number of ketones is 1. The molecule has 0 amide bonds. The molecule has 2 atom stereocenters. The van der Waals surface area contributed by atoms with E-state index in [0.717, 1.165) is 57.8 Å². The first-order valence-electron chi connectivity index (χ1n) is 18.6. The third-order valence-corrected chi connectivity index (χ3v) is 9.46. The first-order valence-corrected chi connectivity index (χ1v) is 19.6. The van der Waals surface area contributed by atoms with Crippen LogP contribution in [0.3, 0.4) is 0 Å². The van der Waals surface area contributed by atoms with E-state index in [1.807, 2.05) is 0 Å². The van der Waals surface area contributed by atoms with Gasteiger partial charge in [-0.15, -0.1) is 0 Å². The van der Waals surface area contributed by atoms with Gasteiger partial charge in [0.15, 0.2) is 5.52 Å². The van der Waals surface area contributed by atoms with Crippen molar-refractivity contribution < 1.29 is 24.6 Å². The van der Waals surface area contributed by atoms with Crippen LogP contribution in [0.5, 0.6) is 0 Å². The molecule has 0 saturated heterocycles. The van der Waals surface area contributed by atoms with E-state index in [4.69, 9.17) is 10.2 Å². The number of hydrogen-bond donors (Lipinski definition) is 3. The van der Waals surface area contributed by atoms with Crippen LogP contribution >= 0.6 is 8.73 Å². The van der Waals surface area contributed by atoms with Gasteiger partial charge in [-0.25, -0.2) is 0 Å². The molecule has 258 valence electrons. The Morgan fingerprint density at radius 3 is 1.32 bits per heavy atom. The molecule has 0 rings (SSSR count). The highest BCUT2D eigenvalue weighted by Gasteiger charge is 2.16. The Bertz CT molecular complexity index is 699. The lowest BCUT2D eigenvalue weighted by atomic mass is 10.0. The summed E-state index contributed by atoms with van der Waals surface area (Å²) in [4.78, 5) is 34.8. The zero-order valence-corrected chi connectivity index (χ0v) is 29.6. The van der Waals surface area contributed by atoms with Crippen LogP contribution in [0.15, 0.2) is 12.2 Å². The van der Waals surface area contributed by atoms with Gasteiger partial charge in [-0.1, -0.05) is 141 Å². The number of aliphatic carboxylic acids is 1. The number of aliphatic hydroxyl groups is 1. The number of carboxylic acids is 1. The summed E-state index contributed by atoms with van der Waals surface area (Å²) in [5.41, 5.74) is 0.0261. The first kappa shape index (κ1) is 42.9. The third kappa shape index (κ3) is 32.3. The predicted molar refractivity (Wildman–Crippen MR) is 189 cm³/mol. The zero-order valence-electron chi connectivity index (χ0n) is 28.6. The Labute approximate surface area is 273 Å². The predicted octanol–water partition coefficient (Wildman–Crippen LogP) is 10.6. The molecule has 2 unspecified atom stereocenters. The number of nitrogens with one attached hydrogen (secondary N) is 1. The molecule has 0 aromatic carbocycles. The van der Waals surface area contributed by atoms with Crippen LogP contribution in [0.2, 0.25) is 0 Å². The molecule has 0 aliphatic heterocycles. The molecule has 7 heteroatoms. The Hall–Kier alpha value is -1.10. The van der Waals surface area contributed by atoms with Gasteiger partial charge in [-0.2, -0.15) is 0 Å². The SMILES string of the molecule is CCCCCCCCCCCCCCCC(=O)CCCCCCCC/C=C\CCCCCCCC(=O)PNC(CO)C(=O)O. The number of carbonyl (C=O) groups is 3. The minimum absolute atomic E-state index is 0.0261. The van der Waals surface area contributed by atoms with E-state index < -0.39 is 18.6 Å². The van der Waals surface area contributed by atoms with E-state index >= 15 is 0 Å².